The third-order valence-corrected chi connectivity index (χ3v) is 2.55. The maximum Gasteiger partial charge on any atom is 0.293 e. The standard InChI is InChI=1S/C10H6O2S/c1-2-4-8-6-10-9(11-13-12-10)5-7(8)3-1/h1-6H. The van der Waals surface area contributed by atoms with E-state index in [0.717, 1.165) is 23.8 Å². The molecule has 0 radical (unpaired) electrons. The molecule has 2 nitrogen and oxygen atoms in total. The number of fused-ring (bicyclic) bond motifs is 2. The molecule has 0 saturated heterocycles. The molecule has 1 heterocycles. The van der Waals surface area contributed by atoms with E-state index in [4.69, 9.17) is 8.37 Å². The van der Waals surface area contributed by atoms with Crippen LogP contribution in [0.1, 0.15) is 0 Å². The summed E-state index contributed by atoms with van der Waals surface area (Å²) in [6.07, 6.45) is 0. The van der Waals surface area contributed by atoms with Crippen LogP contribution in [0.15, 0.2) is 36.4 Å². The molecule has 13 heavy (non-hydrogen) atoms. The number of benzene rings is 2. The highest BCUT2D eigenvalue weighted by molar-refractivity contribution is 7.90. The second-order valence-corrected chi connectivity index (χ2v) is 3.35. The summed E-state index contributed by atoms with van der Waals surface area (Å²) < 4.78 is 10.4. The van der Waals surface area contributed by atoms with E-state index in [1.54, 1.807) is 0 Å². The second-order valence-electron chi connectivity index (χ2n) is 2.88. The molecule has 0 aliphatic carbocycles. The zero-order valence-electron chi connectivity index (χ0n) is 6.69. The van der Waals surface area contributed by atoms with Crippen LogP contribution in [-0.2, 0) is 0 Å². The highest BCUT2D eigenvalue weighted by Crippen LogP contribution is 2.41. The van der Waals surface area contributed by atoms with Crippen LogP contribution in [-0.4, -0.2) is 0 Å². The second kappa shape index (κ2) is 2.57. The van der Waals surface area contributed by atoms with Crippen molar-refractivity contribution in [1.29, 1.82) is 0 Å². The smallest absolute Gasteiger partial charge is 0.293 e. The van der Waals surface area contributed by atoms with Crippen LogP contribution in [0.4, 0.5) is 0 Å². The molecule has 1 aliphatic heterocycles. The van der Waals surface area contributed by atoms with Gasteiger partial charge in [-0.15, -0.1) is 0 Å². The Morgan fingerprint density at radius 3 is 1.92 bits per heavy atom. The van der Waals surface area contributed by atoms with Gasteiger partial charge in [-0.1, -0.05) is 24.3 Å². The van der Waals surface area contributed by atoms with Crippen LogP contribution in [0.5, 0.6) is 11.5 Å². The lowest BCUT2D eigenvalue weighted by molar-refractivity contribution is 0.631. The average molecular weight is 190 g/mol. The summed E-state index contributed by atoms with van der Waals surface area (Å²) >= 11 is 1.01. The van der Waals surface area contributed by atoms with Gasteiger partial charge in [0.05, 0.1) is 0 Å². The Kier molecular flexibility index (Phi) is 1.40. The van der Waals surface area contributed by atoms with E-state index in [2.05, 4.69) is 12.1 Å². The fourth-order valence-corrected chi connectivity index (χ4v) is 1.86. The van der Waals surface area contributed by atoms with Gasteiger partial charge >= 0.3 is 0 Å². The molecule has 0 unspecified atom stereocenters. The first-order valence-electron chi connectivity index (χ1n) is 3.97. The molecule has 0 bridgehead atoms. The van der Waals surface area contributed by atoms with Gasteiger partial charge in [0.1, 0.15) is 0 Å². The summed E-state index contributed by atoms with van der Waals surface area (Å²) in [6, 6.07) is 12.1. The lowest BCUT2D eigenvalue weighted by Crippen LogP contribution is -1.74. The molecular weight excluding hydrogens is 184 g/mol. The Morgan fingerprint density at radius 2 is 1.38 bits per heavy atom. The van der Waals surface area contributed by atoms with Crippen LogP contribution in [0.3, 0.4) is 0 Å². The van der Waals surface area contributed by atoms with Crippen molar-refractivity contribution in [3.05, 3.63) is 36.4 Å². The third-order valence-electron chi connectivity index (χ3n) is 2.06. The summed E-state index contributed by atoms with van der Waals surface area (Å²) in [5.74, 6) is 1.62. The topological polar surface area (TPSA) is 18.5 Å². The van der Waals surface area contributed by atoms with Gasteiger partial charge in [-0.05, 0) is 22.9 Å². The molecule has 0 amide bonds. The van der Waals surface area contributed by atoms with E-state index in [9.17, 15) is 0 Å². The molecule has 0 saturated carbocycles. The molecule has 0 fully saturated rings. The van der Waals surface area contributed by atoms with E-state index in [1.165, 1.54) is 10.8 Å². The molecule has 0 aromatic heterocycles. The van der Waals surface area contributed by atoms with E-state index < -0.39 is 0 Å². The largest absolute Gasteiger partial charge is 0.387 e. The number of hydrogen-bond donors (Lipinski definition) is 0. The van der Waals surface area contributed by atoms with E-state index in [-0.39, 0.29) is 0 Å². The van der Waals surface area contributed by atoms with Gasteiger partial charge in [0.2, 0.25) is 0 Å². The summed E-state index contributed by atoms with van der Waals surface area (Å²) in [5, 5.41) is 2.35. The quantitative estimate of drug-likeness (QED) is 0.594. The lowest BCUT2D eigenvalue weighted by atomic mass is 10.1. The highest BCUT2D eigenvalue weighted by Gasteiger charge is 2.15. The predicted molar refractivity (Wildman–Crippen MR) is 52.8 cm³/mol. The van der Waals surface area contributed by atoms with Gasteiger partial charge in [-0.2, -0.15) is 0 Å². The molecule has 2 aromatic carbocycles. The zero-order valence-corrected chi connectivity index (χ0v) is 7.51. The van der Waals surface area contributed by atoms with Crippen molar-refractivity contribution in [2.75, 3.05) is 0 Å². The SMILES string of the molecule is c1ccc2cc3c(cc2c1)OSO3. The summed E-state index contributed by atoms with van der Waals surface area (Å²) in [6.45, 7) is 0. The minimum absolute atomic E-state index is 0.809. The Morgan fingerprint density at radius 1 is 0.846 bits per heavy atom. The fourth-order valence-electron chi connectivity index (χ4n) is 1.42. The average Bonchev–Trinajstić information content (AvgIpc) is 2.61. The molecule has 0 spiro atoms. The van der Waals surface area contributed by atoms with E-state index >= 15 is 0 Å². The molecule has 2 aromatic rings. The van der Waals surface area contributed by atoms with Crippen LogP contribution in [0, 0.1) is 0 Å². The lowest BCUT2D eigenvalue weighted by Gasteiger charge is -1.98. The van der Waals surface area contributed by atoms with Gasteiger partial charge < -0.3 is 8.37 Å². The van der Waals surface area contributed by atoms with E-state index in [1.807, 2.05) is 24.3 Å². The molecule has 0 atom stereocenters. The Bertz CT molecular complexity index is 425. The van der Waals surface area contributed by atoms with Crippen LogP contribution >= 0.6 is 12.3 Å². The maximum atomic E-state index is 5.20. The Hall–Kier alpha value is -1.35. The zero-order chi connectivity index (χ0) is 8.67. The molecule has 1 aliphatic rings. The van der Waals surface area contributed by atoms with Crippen molar-refractivity contribution >= 4 is 23.1 Å². The Balaban J connectivity index is 2.36. The van der Waals surface area contributed by atoms with Gasteiger partial charge in [0.15, 0.2) is 11.5 Å². The van der Waals surface area contributed by atoms with Gasteiger partial charge in [-0.25, -0.2) is 0 Å². The van der Waals surface area contributed by atoms with E-state index in [0.29, 0.717) is 0 Å². The van der Waals surface area contributed by atoms with Crippen molar-refractivity contribution in [1.82, 2.24) is 0 Å². The first-order valence-corrected chi connectivity index (χ1v) is 4.64. The monoisotopic (exact) mass is 190 g/mol. The summed E-state index contributed by atoms with van der Waals surface area (Å²) in [7, 11) is 0. The fraction of sp³-hybridized carbons (Fsp3) is 0. The van der Waals surface area contributed by atoms with Crippen LogP contribution in [0.2, 0.25) is 0 Å². The Labute approximate surface area is 79.9 Å². The van der Waals surface area contributed by atoms with Crippen LogP contribution in [0.25, 0.3) is 10.8 Å². The van der Waals surface area contributed by atoms with Crippen molar-refractivity contribution in [2.24, 2.45) is 0 Å². The molecule has 0 N–H and O–H groups in total. The van der Waals surface area contributed by atoms with Gasteiger partial charge in [0.25, 0.3) is 12.3 Å². The highest BCUT2D eigenvalue weighted by atomic mass is 32.2. The van der Waals surface area contributed by atoms with Crippen molar-refractivity contribution < 1.29 is 8.37 Å². The third kappa shape index (κ3) is 1.04. The van der Waals surface area contributed by atoms with Crippen molar-refractivity contribution in [3.63, 3.8) is 0 Å². The summed E-state index contributed by atoms with van der Waals surface area (Å²) in [4.78, 5) is 0. The van der Waals surface area contributed by atoms with Crippen LogP contribution < -0.4 is 8.37 Å². The molecule has 64 valence electrons. The van der Waals surface area contributed by atoms with Gasteiger partial charge in [-0.3, -0.25) is 0 Å². The molecular formula is C10H6O2S. The normalized spacial score (nSPS) is 13.5. The predicted octanol–water partition coefficient (Wildman–Crippen LogP) is 3.17. The number of hydrogen-bond acceptors (Lipinski definition) is 3. The minimum atomic E-state index is 0.809. The maximum absolute atomic E-state index is 5.20. The molecule has 3 rings (SSSR count). The van der Waals surface area contributed by atoms with Crippen molar-refractivity contribution in [3.8, 4) is 11.5 Å². The first-order chi connectivity index (χ1) is 6.43. The molecule has 3 heteroatoms. The summed E-state index contributed by atoms with van der Waals surface area (Å²) in [5.41, 5.74) is 0. The first kappa shape index (κ1) is 7.09. The number of rotatable bonds is 0. The van der Waals surface area contributed by atoms with Crippen molar-refractivity contribution in [2.45, 2.75) is 0 Å². The minimum Gasteiger partial charge on any atom is -0.387 e. The van der Waals surface area contributed by atoms with Gasteiger partial charge in [0, 0.05) is 0 Å².